The standard InChI is InChI=1S/C14H9Br2NO2/c15-13-9-4-2-1-3-8(9)7-10(14(13)16)17-11(18)5-6-12(17)19/h1-4,7H,5-6H2. The molecule has 0 bridgehead atoms. The molecule has 0 atom stereocenters. The normalized spacial score (nSPS) is 15.6. The first-order valence-electron chi connectivity index (χ1n) is 5.82. The second-order valence-corrected chi connectivity index (χ2v) is 5.95. The Bertz CT molecular complexity index is 696. The van der Waals surface area contributed by atoms with Gasteiger partial charge in [-0.1, -0.05) is 24.3 Å². The van der Waals surface area contributed by atoms with Crippen molar-refractivity contribution < 1.29 is 9.59 Å². The van der Waals surface area contributed by atoms with Crippen LogP contribution >= 0.6 is 31.9 Å². The Kier molecular flexibility index (Phi) is 3.19. The van der Waals surface area contributed by atoms with Crippen molar-refractivity contribution in [1.82, 2.24) is 0 Å². The van der Waals surface area contributed by atoms with E-state index >= 15 is 0 Å². The first kappa shape index (κ1) is 12.8. The van der Waals surface area contributed by atoms with Crippen LogP contribution in [0.15, 0.2) is 39.3 Å². The lowest BCUT2D eigenvalue weighted by Gasteiger charge is -2.18. The fraction of sp³-hybridized carbons (Fsp3) is 0.143. The van der Waals surface area contributed by atoms with Crippen LogP contribution < -0.4 is 4.90 Å². The number of carbonyl (C=O) groups is 2. The zero-order chi connectivity index (χ0) is 13.6. The maximum Gasteiger partial charge on any atom is 0.234 e. The number of anilines is 1. The number of rotatable bonds is 1. The monoisotopic (exact) mass is 381 g/mol. The van der Waals surface area contributed by atoms with Crippen molar-refractivity contribution in [3.8, 4) is 0 Å². The highest BCUT2D eigenvalue weighted by molar-refractivity contribution is 9.13. The van der Waals surface area contributed by atoms with Crippen LogP contribution in [0.4, 0.5) is 5.69 Å². The van der Waals surface area contributed by atoms with E-state index in [0.29, 0.717) is 5.69 Å². The van der Waals surface area contributed by atoms with E-state index in [9.17, 15) is 9.59 Å². The number of imide groups is 1. The van der Waals surface area contributed by atoms with Crippen LogP contribution in [-0.2, 0) is 9.59 Å². The van der Waals surface area contributed by atoms with Gasteiger partial charge in [0.25, 0.3) is 0 Å². The highest BCUT2D eigenvalue weighted by Crippen LogP contribution is 2.40. The van der Waals surface area contributed by atoms with E-state index in [-0.39, 0.29) is 24.7 Å². The zero-order valence-corrected chi connectivity index (χ0v) is 13.0. The molecule has 1 aliphatic heterocycles. The number of amides is 2. The molecule has 19 heavy (non-hydrogen) atoms. The lowest BCUT2D eigenvalue weighted by molar-refractivity contribution is -0.121. The minimum atomic E-state index is -0.145. The van der Waals surface area contributed by atoms with Gasteiger partial charge in [0.15, 0.2) is 0 Å². The minimum Gasteiger partial charge on any atom is -0.274 e. The molecular weight excluding hydrogens is 374 g/mol. The van der Waals surface area contributed by atoms with Gasteiger partial charge in [0.2, 0.25) is 11.8 Å². The fourth-order valence-corrected chi connectivity index (χ4v) is 3.34. The van der Waals surface area contributed by atoms with Gasteiger partial charge < -0.3 is 0 Å². The lowest BCUT2D eigenvalue weighted by atomic mass is 10.1. The maximum absolute atomic E-state index is 11.9. The molecule has 2 aromatic rings. The number of benzene rings is 2. The summed E-state index contributed by atoms with van der Waals surface area (Å²) in [4.78, 5) is 25.0. The van der Waals surface area contributed by atoms with E-state index in [1.807, 2.05) is 30.3 Å². The van der Waals surface area contributed by atoms with Gasteiger partial charge >= 0.3 is 0 Å². The molecule has 1 aliphatic rings. The van der Waals surface area contributed by atoms with Crippen LogP contribution in [0.1, 0.15) is 12.8 Å². The largest absolute Gasteiger partial charge is 0.274 e. The molecule has 0 aliphatic carbocycles. The number of hydrogen-bond donors (Lipinski definition) is 0. The molecule has 2 amide bonds. The highest BCUT2D eigenvalue weighted by Gasteiger charge is 2.32. The number of fused-ring (bicyclic) bond motifs is 1. The Morgan fingerprint density at radius 2 is 1.58 bits per heavy atom. The number of hydrogen-bond acceptors (Lipinski definition) is 2. The molecular formula is C14H9Br2NO2. The van der Waals surface area contributed by atoms with Crippen molar-refractivity contribution >= 4 is 60.1 Å². The average molecular weight is 383 g/mol. The van der Waals surface area contributed by atoms with E-state index in [1.54, 1.807) is 0 Å². The van der Waals surface area contributed by atoms with Gasteiger partial charge in [0.05, 0.1) is 10.2 Å². The molecule has 0 unspecified atom stereocenters. The summed E-state index contributed by atoms with van der Waals surface area (Å²) in [6, 6.07) is 9.69. The molecule has 0 spiro atoms. The Labute approximate surface area is 126 Å². The Morgan fingerprint density at radius 3 is 2.26 bits per heavy atom. The van der Waals surface area contributed by atoms with Crippen LogP contribution in [0.2, 0.25) is 0 Å². The van der Waals surface area contributed by atoms with Crippen LogP contribution in [0.3, 0.4) is 0 Å². The van der Waals surface area contributed by atoms with E-state index < -0.39 is 0 Å². The maximum atomic E-state index is 11.9. The van der Waals surface area contributed by atoms with E-state index in [1.165, 1.54) is 4.90 Å². The van der Waals surface area contributed by atoms with Crippen molar-refractivity contribution in [3.63, 3.8) is 0 Å². The molecule has 3 rings (SSSR count). The van der Waals surface area contributed by atoms with Gasteiger partial charge in [-0.05, 0) is 48.7 Å². The third kappa shape index (κ3) is 2.01. The second-order valence-electron chi connectivity index (χ2n) is 4.37. The van der Waals surface area contributed by atoms with Crippen molar-refractivity contribution in [3.05, 3.63) is 39.3 Å². The summed E-state index contributed by atoms with van der Waals surface area (Å²) in [6.45, 7) is 0. The molecule has 5 heteroatoms. The van der Waals surface area contributed by atoms with Crippen LogP contribution in [0.25, 0.3) is 10.8 Å². The summed E-state index contributed by atoms with van der Waals surface area (Å²) < 4.78 is 1.59. The molecule has 0 N–H and O–H groups in total. The lowest BCUT2D eigenvalue weighted by Crippen LogP contribution is -2.28. The quantitative estimate of drug-likeness (QED) is 0.698. The fourth-order valence-electron chi connectivity index (χ4n) is 2.27. The zero-order valence-electron chi connectivity index (χ0n) is 9.82. The predicted octanol–water partition coefficient (Wildman–Crippen LogP) is 4.02. The third-order valence-corrected chi connectivity index (χ3v) is 5.36. The van der Waals surface area contributed by atoms with Gasteiger partial charge in [-0.3, -0.25) is 9.59 Å². The summed E-state index contributed by atoms with van der Waals surface area (Å²) in [6.07, 6.45) is 0.575. The van der Waals surface area contributed by atoms with Crippen LogP contribution in [0.5, 0.6) is 0 Å². The Morgan fingerprint density at radius 1 is 0.947 bits per heavy atom. The van der Waals surface area contributed by atoms with Crippen LogP contribution in [0, 0.1) is 0 Å². The molecule has 0 saturated carbocycles. The van der Waals surface area contributed by atoms with Gasteiger partial charge in [-0.25, -0.2) is 4.90 Å². The molecule has 3 nitrogen and oxygen atoms in total. The topological polar surface area (TPSA) is 37.4 Å². The van der Waals surface area contributed by atoms with E-state index in [0.717, 1.165) is 19.7 Å². The first-order valence-corrected chi connectivity index (χ1v) is 7.40. The average Bonchev–Trinajstić information content (AvgIpc) is 2.74. The van der Waals surface area contributed by atoms with E-state index in [2.05, 4.69) is 31.9 Å². The molecule has 1 saturated heterocycles. The Balaban J connectivity index is 2.27. The summed E-state index contributed by atoms with van der Waals surface area (Å²) in [5.74, 6) is -0.291. The smallest absolute Gasteiger partial charge is 0.234 e. The predicted molar refractivity (Wildman–Crippen MR) is 81.1 cm³/mol. The minimum absolute atomic E-state index is 0.145. The van der Waals surface area contributed by atoms with E-state index in [4.69, 9.17) is 0 Å². The van der Waals surface area contributed by atoms with Gasteiger partial charge in [-0.2, -0.15) is 0 Å². The van der Waals surface area contributed by atoms with Crippen molar-refractivity contribution in [2.24, 2.45) is 0 Å². The molecule has 0 radical (unpaired) electrons. The summed E-state index contributed by atoms with van der Waals surface area (Å²) in [5.41, 5.74) is 0.609. The second kappa shape index (κ2) is 4.72. The van der Waals surface area contributed by atoms with Crippen molar-refractivity contribution in [2.75, 3.05) is 4.90 Å². The molecule has 1 heterocycles. The molecule has 96 valence electrons. The summed E-state index contributed by atoms with van der Waals surface area (Å²) in [5, 5.41) is 2.03. The molecule has 1 fully saturated rings. The number of carbonyl (C=O) groups excluding carboxylic acids is 2. The van der Waals surface area contributed by atoms with Crippen molar-refractivity contribution in [1.29, 1.82) is 0 Å². The summed E-state index contributed by atoms with van der Waals surface area (Å²) >= 11 is 7.00. The van der Waals surface area contributed by atoms with Gasteiger partial charge in [0, 0.05) is 17.3 Å². The Hall–Kier alpha value is -1.20. The molecule has 2 aromatic carbocycles. The highest BCUT2D eigenvalue weighted by atomic mass is 79.9. The SMILES string of the molecule is O=C1CCC(=O)N1c1cc2ccccc2c(Br)c1Br. The summed E-state index contributed by atoms with van der Waals surface area (Å²) in [7, 11) is 0. The first-order chi connectivity index (χ1) is 9.09. The third-order valence-electron chi connectivity index (χ3n) is 3.20. The molecule has 0 aromatic heterocycles. The van der Waals surface area contributed by atoms with Crippen LogP contribution in [-0.4, -0.2) is 11.8 Å². The number of nitrogens with zero attached hydrogens (tertiary/aromatic N) is 1. The van der Waals surface area contributed by atoms with Crippen molar-refractivity contribution in [2.45, 2.75) is 12.8 Å². The number of halogens is 2. The van der Waals surface area contributed by atoms with Gasteiger partial charge in [-0.15, -0.1) is 0 Å². The van der Waals surface area contributed by atoms with Gasteiger partial charge in [0.1, 0.15) is 0 Å².